The molecule has 2 N–H and O–H groups in total. The SMILES string of the molecule is Cn1nc(C(=O)N2CC(=O)NCC2C(=O)O)ccc1=O. The van der Waals surface area contributed by atoms with Crippen LogP contribution in [0.5, 0.6) is 0 Å². The average Bonchev–Trinajstić information content (AvgIpc) is 2.40. The van der Waals surface area contributed by atoms with E-state index in [0.717, 1.165) is 15.6 Å². The maximum atomic E-state index is 12.2. The molecule has 1 saturated heterocycles. The lowest BCUT2D eigenvalue weighted by Crippen LogP contribution is -2.59. The van der Waals surface area contributed by atoms with E-state index in [1.165, 1.54) is 13.1 Å². The van der Waals surface area contributed by atoms with Crippen LogP contribution in [0.25, 0.3) is 0 Å². The summed E-state index contributed by atoms with van der Waals surface area (Å²) in [6.45, 7) is -0.522. The van der Waals surface area contributed by atoms with E-state index >= 15 is 0 Å². The number of hydrogen-bond donors (Lipinski definition) is 2. The smallest absolute Gasteiger partial charge is 0.328 e. The number of amides is 2. The molecule has 1 fully saturated rings. The molecule has 106 valence electrons. The third kappa shape index (κ3) is 2.51. The molecule has 1 aliphatic heterocycles. The summed E-state index contributed by atoms with van der Waals surface area (Å²) >= 11 is 0. The summed E-state index contributed by atoms with van der Waals surface area (Å²) in [5, 5.41) is 15.2. The van der Waals surface area contributed by atoms with Crippen LogP contribution in [0.15, 0.2) is 16.9 Å². The summed E-state index contributed by atoms with van der Waals surface area (Å²) in [6.07, 6.45) is 0. The van der Waals surface area contributed by atoms with Gasteiger partial charge in [-0.2, -0.15) is 5.10 Å². The minimum Gasteiger partial charge on any atom is -0.480 e. The number of rotatable bonds is 2. The van der Waals surface area contributed by atoms with Gasteiger partial charge in [0.15, 0.2) is 0 Å². The van der Waals surface area contributed by atoms with Gasteiger partial charge in [0.05, 0.1) is 0 Å². The van der Waals surface area contributed by atoms with Crippen LogP contribution in [0.2, 0.25) is 0 Å². The van der Waals surface area contributed by atoms with Crippen LogP contribution in [0, 0.1) is 0 Å². The van der Waals surface area contributed by atoms with Crippen molar-refractivity contribution in [2.45, 2.75) is 6.04 Å². The monoisotopic (exact) mass is 280 g/mol. The van der Waals surface area contributed by atoms with E-state index < -0.39 is 29.4 Å². The zero-order chi connectivity index (χ0) is 14.9. The quantitative estimate of drug-likeness (QED) is 0.634. The zero-order valence-corrected chi connectivity index (χ0v) is 10.6. The van der Waals surface area contributed by atoms with Crippen molar-refractivity contribution in [3.8, 4) is 0 Å². The van der Waals surface area contributed by atoms with Gasteiger partial charge in [-0.1, -0.05) is 0 Å². The predicted octanol–water partition coefficient (Wildman–Crippen LogP) is -2.19. The Labute approximate surface area is 112 Å². The Morgan fingerprint density at radius 3 is 2.70 bits per heavy atom. The third-order valence-electron chi connectivity index (χ3n) is 2.91. The van der Waals surface area contributed by atoms with E-state index in [0.29, 0.717) is 0 Å². The summed E-state index contributed by atoms with van der Waals surface area (Å²) in [7, 11) is 1.37. The zero-order valence-electron chi connectivity index (χ0n) is 10.6. The molecule has 20 heavy (non-hydrogen) atoms. The fraction of sp³-hybridized carbons (Fsp3) is 0.364. The van der Waals surface area contributed by atoms with Gasteiger partial charge in [-0.15, -0.1) is 0 Å². The number of nitrogens with zero attached hydrogens (tertiary/aromatic N) is 3. The van der Waals surface area contributed by atoms with Crippen molar-refractivity contribution in [2.75, 3.05) is 13.1 Å². The summed E-state index contributed by atoms with van der Waals surface area (Å²) < 4.78 is 0.965. The van der Waals surface area contributed by atoms with Gasteiger partial charge < -0.3 is 15.3 Å². The topological polar surface area (TPSA) is 122 Å². The Balaban J connectivity index is 2.33. The molecule has 1 aromatic heterocycles. The minimum absolute atomic E-state index is 0.0898. The number of carbonyl (C=O) groups excluding carboxylic acids is 2. The Kier molecular flexibility index (Phi) is 3.51. The second-order valence-electron chi connectivity index (χ2n) is 4.27. The first-order valence-corrected chi connectivity index (χ1v) is 5.75. The lowest BCUT2D eigenvalue weighted by atomic mass is 10.1. The van der Waals surface area contributed by atoms with Crippen molar-refractivity contribution in [2.24, 2.45) is 7.05 Å². The number of aromatic nitrogens is 2. The highest BCUT2D eigenvalue weighted by Crippen LogP contribution is 2.09. The molecule has 0 saturated carbocycles. The molecule has 0 spiro atoms. The molecular weight excluding hydrogens is 268 g/mol. The normalized spacial score (nSPS) is 18.6. The van der Waals surface area contributed by atoms with Gasteiger partial charge in [-0.3, -0.25) is 14.4 Å². The molecule has 2 heterocycles. The van der Waals surface area contributed by atoms with Crippen molar-refractivity contribution in [1.82, 2.24) is 20.0 Å². The number of piperazine rings is 1. The number of carboxylic acid groups (broad SMARTS) is 1. The lowest BCUT2D eigenvalue weighted by Gasteiger charge is -2.32. The first-order valence-electron chi connectivity index (χ1n) is 5.75. The highest BCUT2D eigenvalue weighted by molar-refractivity contribution is 5.98. The maximum Gasteiger partial charge on any atom is 0.328 e. The number of aliphatic carboxylic acids is 1. The molecule has 1 atom stereocenters. The first-order chi connectivity index (χ1) is 9.40. The van der Waals surface area contributed by atoms with E-state index in [2.05, 4.69) is 10.4 Å². The van der Waals surface area contributed by atoms with E-state index in [9.17, 15) is 19.2 Å². The Bertz CT molecular complexity index is 638. The molecule has 1 unspecified atom stereocenters. The average molecular weight is 280 g/mol. The molecular formula is C11H12N4O5. The van der Waals surface area contributed by atoms with Crippen molar-refractivity contribution in [3.63, 3.8) is 0 Å². The molecule has 9 heteroatoms. The van der Waals surface area contributed by atoms with Crippen molar-refractivity contribution >= 4 is 17.8 Å². The Morgan fingerprint density at radius 2 is 2.10 bits per heavy atom. The molecule has 0 aliphatic carbocycles. The summed E-state index contributed by atoms with van der Waals surface area (Å²) in [5.74, 6) is -2.37. The fourth-order valence-corrected chi connectivity index (χ4v) is 1.84. The molecule has 2 amide bonds. The number of carbonyl (C=O) groups is 3. The molecule has 0 aromatic carbocycles. The highest BCUT2D eigenvalue weighted by Gasteiger charge is 2.36. The molecule has 1 aliphatic rings. The number of nitrogens with one attached hydrogen (secondary N) is 1. The number of hydrogen-bond acceptors (Lipinski definition) is 5. The molecule has 0 bridgehead atoms. The van der Waals surface area contributed by atoms with Gasteiger partial charge in [-0.05, 0) is 6.07 Å². The summed E-state index contributed by atoms with van der Waals surface area (Å²) in [4.78, 5) is 46.8. The van der Waals surface area contributed by atoms with Gasteiger partial charge in [-0.25, -0.2) is 9.48 Å². The standard InChI is InChI=1S/C11H12N4O5/c1-14-9(17)3-2-6(13-14)10(18)15-5-8(16)12-4-7(15)11(19)20/h2-3,7H,4-5H2,1H3,(H,12,16)(H,19,20). The maximum absolute atomic E-state index is 12.2. The summed E-state index contributed by atoms with van der Waals surface area (Å²) in [5.41, 5.74) is -0.485. The van der Waals surface area contributed by atoms with Gasteiger partial charge in [0.1, 0.15) is 18.3 Å². The molecule has 1 aromatic rings. The third-order valence-corrected chi connectivity index (χ3v) is 2.91. The second-order valence-corrected chi connectivity index (χ2v) is 4.27. The van der Waals surface area contributed by atoms with Crippen LogP contribution in [0.1, 0.15) is 10.5 Å². The molecule has 2 rings (SSSR count). The predicted molar refractivity (Wildman–Crippen MR) is 64.9 cm³/mol. The van der Waals surface area contributed by atoms with E-state index in [4.69, 9.17) is 5.11 Å². The van der Waals surface area contributed by atoms with E-state index in [1.54, 1.807) is 0 Å². The van der Waals surface area contributed by atoms with Crippen LogP contribution in [-0.4, -0.2) is 56.7 Å². The molecule has 0 radical (unpaired) electrons. The van der Waals surface area contributed by atoms with Gasteiger partial charge in [0.2, 0.25) is 5.91 Å². The van der Waals surface area contributed by atoms with E-state index in [-0.39, 0.29) is 18.8 Å². The largest absolute Gasteiger partial charge is 0.480 e. The van der Waals surface area contributed by atoms with Crippen molar-refractivity contribution in [3.05, 3.63) is 28.2 Å². The number of aryl methyl sites for hydroxylation is 1. The highest BCUT2D eigenvalue weighted by atomic mass is 16.4. The van der Waals surface area contributed by atoms with Gasteiger partial charge in [0, 0.05) is 19.7 Å². The molecule has 9 nitrogen and oxygen atoms in total. The van der Waals surface area contributed by atoms with Crippen LogP contribution in [0.4, 0.5) is 0 Å². The van der Waals surface area contributed by atoms with Gasteiger partial charge in [0.25, 0.3) is 11.5 Å². The van der Waals surface area contributed by atoms with Crippen LogP contribution in [-0.2, 0) is 16.6 Å². The van der Waals surface area contributed by atoms with Crippen LogP contribution >= 0.6 is 0 Å². The van der Waals surface area contributed by atoms with Crippen molar-refractivity contribution in [1.29, 1.82) is 0 Å². The second kappa shape index (κ2) is 5.11. The van der Waals surface area contributed by atoms with Crippen molar-refractivity contribution < 1.29 is 19.5 Å². The number of carboxylic acids is 1. The minimum atomic E-state index is -1.22. The fourth-order valence-electron chi connectivity index (χ4n) is 1.84. The van der Waals surface area contributed by atoms with Gasteiger partial charge >= 0.3 is 5.97 Å². The first kappa shape index (κ1) is 13.7. The van der Waals surface area contributed by atoms with Crippen LogP contribution < -0.4 is 10.9 Å². The van der Waals surface area contributed by atoms with Crippen LogP contribution in [0.3, 0.4) is 0 Å². The Hall–Kier alpha value is -2.71. The van der Waals surface area contributed by atoms with E-state index in [1.807, 2.05) is 0 Å². The summed E-state index contributed by atoms with van der Waals surface area (Å²) in [6, 6.07) is 1.20. The lowest BCUT2D eigenvalue weighted by molar-refractivity contribution is -0.144. The Morgan fingerprint density at radius 1 is 1.40 bits per heavy atom.